The number of rotatable bonds is 8. The van der Waals surface area contributed by atoms with Gasteiger partial charge in [-0.15, -0.1) is 41.3 Å². The molecule has 7 aromatic rings. The fourth-order valence-corrected chi connectivity index (χ4v) is 7.59. The van der Waals surface area contributed by atoms with Crippen molar-refractivity contribution in [3.8, 4) is 34.1 Å². The molecule has 7 rings (SSSR count). The molecule has 6 heteroatoms. The van der Waals surface area contributed by atoms with E-state index in [1.807, 2.05) is 12.3 Å². The maximum Gasteiger partial charge on any atom is 2.00 e. The molecule has 0 unspecified atom stereocenters. The summed E-state index contributed by atoms with van der Waals surface area (Å²) < 4.78 is 11.1. The Morgan fingerprint density at radius 3 is 2.17 bits per heavy atom. The molecule has 0 aliphatic heterocycles. The van der Waals surface area contributed by atoms with Crippen LogP contribution in [0, 0.1) is 45.7 Å². The number of pyridine rings is 1. The van der Waals surface area contributed by atoms with E-state index in [1.165, 1.54) is 39.1 Å². The predicted molar refractivity (Wildman–Crippen MR) is 216 cm³/mol. The quantitative estimate of drug-likeness (QED) is 0.114. The average Bonchev–Trinajstić information content (AvgIpc) is 3.57. The maximum absolute atomic E-state index is 6.74. The first kappa shape index (κ1) is 38.2. The van der Waals surface area contributed by atoms with Gasteiger partial charge >= 0.3 is 20.4 Å². The van der Waals surface area contributed by atoms with Gasteiger partial charge in [-0.1, -0.05) is 89.9 Å². The molecular formula is C47H50N4OPd. The summed E-state index contributed by atoms with van der Waals surface area (Å²) in [5.74, 6) is 2.95. The number of para-hydroxylation sites is 1. The van der Waals surface area contributed by atoms with Gasteiger partial charge in [-0.25, -0.2) is 4.98 Å². The van der Waals surface area contributed by atoms with Gasteiger partial charge < -0.3 is 9.30 Å². The third-order valence-electron chi connectivity index (χ3n) is 10.1. The molecule has 0 atom stereocenters. The van der Waals surface area contributed by atoms with Crippen LogP contribution in [0.2, 0.25) is 0 Å². The molecule has 0 bridgehead atoms. The molecule has 0 saturated heterocycles. The number of aromatic nitrogens is 4. The van der Waals surface area contributed by atoms with Gasteiger partial charge in [-0.2, -0.15) is 11.2 Å². The Kier molecular flexibility index (Phi) is 10.6. The smallest absolute Gasteiger partial charge is 0.509 e. The van der Waals surface area contributed by atoms with E-state index in [9.17, 15) is 0 Å². The largest absolute Gasteiger partial charge is 2.00 e. The Morgan fingerprint density at radius 2 is 1.49 bits per heavy atom. The van der Waals surface area contributed by atoms with Crippen LogP contribution >= 0.6 is 0 Å². The SMILES string of the molecule is Cc1cc(C)c(-c2c(C)nn(-c3[c-]c(Oc4[c-]c5c(cc4)c4ccccc4n5-c4cc(C(C)C)ccn4)cc(C(C)(C)C)c3)c2CC(C)C)c(C)c1.[Pd+2]. The van der Waals surface area contributed by atoms with E-state index in [-0.39, 0.29) is 25.8 Å². The van der Waals surface area contributed by atoms with Crippen LogP contribution in [0.3, 0.4) is 0 Å². The zero-order valence-corrected chi connectivity index (χ0v) is 34.4. The average molecular weight is 793 g/mol. The summed E-state index contributed by atoms with van der Waals surface area (Å²) in [5, 5.41) is 7.49. The van der Waals surface area contributed by atoms with Crippen LogP contribution in [0.25, 0.3) is 44.4 Å². The van der Waals surface area contributed by atoms with Gasteiger partial charge in [0.05, 0.1) is 11.4 Å². The van der Waals surface area contributed by atoms with E-state index in [0.717, 1.165) is 51.0 Å². The van der Waals surface area contributed by atoms with Gasteiger partial charge in [0.15, 0.2) is 0 Å². The third-order valence-corrected chi connectivity index (χ3v) is 10.1. The van der Waals surface area contributed by atoms with E-state index < -0.39 is 0 Å². The molecule has 274 valence electrons. The van der Waals surface area contributed by atoms with Crippen molar-refractivity contribution in [3.05, 3.63) is 130 Å². The standard InChI is InChI=1S/C47H50N4O.Pd/c1-28(2)20-43-46(45-31(6)21-30(5)22-32(45)7)33(8)49-51(43)36-24-35(47(9,10)11)25-38(26-36)52-37-16-17-40-39-14-12-13-15-41(39)50(42(40)27-37)44-23-34(29(3)4)18-19-48-44;/h12-19,21-25,28-29H,20H2,1-11H3;/q-2;+2. The summed E-state index contributed by atoms with van der Waals surface area (Å²) in [7, 11) is 0. The minimum Gasteiger partial charge on any atom is -0.509 e. The van der Waals surface area contributed by atoms with Crippen molar-refractivity contribution in [2.45, 2.75) is 93.9 Å². The van der Waals surface area contributed by atoms with E-state index in [1.54, 1.807) is 0 Å². The van der Waals surface area contributed by atoms with Crippen molar-refractivity contribution in [1.29, 1.82) is 0 Å². The monoisotopic (exact) mass is 792 g/mol. The second-order valence-corrected chi connectivity index (χ2v) is 16.2. The second-order valence-electron chi connectivity index (χ2n) is 16.2. The zero-order chi connectivity index (χ0) is 37.1. The number of fused-ring (bicyclic) bond motifs is 3. The van der Waals surface area contributed by atoms with E-state index in [4.69, 9.17) is 14.8 Å². The van der Waals surface area contributed by atoms with Crippen molar-refractivity contribution in [2.24, 2.45) is 5.92 Å². The predicted octanol–water partition coefficient (Wildman–Crippen LogP) is 12.3. The molecule has 3 heterocycles. The third kappa shape index (κ3) is 7.37. The molecule has 5 nitrogen and oxygen atoms in total. The van der Waals surface area contributed by atoms with Gasteiger partial charge in [0.25, 0.3) is 0 Å². The minimum absolute atomic E-state index is 0. The van der Waals surface area contributed by atoms with E-state index in [0.29, 0.717) is 23.3 Å². The van der Waals surface area contributed by atoms with Gasteiger partial charge in [0.2, 0.25) is 0 Å². The van der Waals surface area contributed by atoms with Crippen LogP contribution in [-0.2, 0) is 32.3 Å². The number of hydrogen-bond donors (Lipinski definition) is 0. The molecule has 0 saturated carbocycles. The Hall–Kier alpha value is -4.50. The van der Waals surface area contributed by atoms with Crippen LogP contribution in [0.15, 0.2) is 79.0 Å². The summed E-state index contributed by atoms with van der Waals surface area (Å²) in [5.41, 5.74) is 13.7. The van der Waals surface area contributed by atoms with Crippen molar-refractivity contribution in [1.82, 2.24) is 19.3 Å². The van der Waals surface area contributed by atoms with Gasteiger partial charge in [-0.05, 0) is 103 Å². The van der Waals surface area contributed by atoms with Gasteiger partial charge in [-0.3, -0.25) is 4.68 Å². The molecule has 0 spiro atoms. The van der Waals surface area contributed by atoms with Gasteiger partial charge in [0, 0.05) is 28.8 Å². The molecule has 4 aromatic carbocycles. The summed E-state index contributed by atoms with van der Waals surface area (Å²) in [6.45, 7) is 24.4. The number of aryl methyl sites for hydroxylation is 4. The Bertz CT molecular complexity index is 2430. The van der Waals surface area contributed by atoms with Crippen LogP contribution < -0.4 is 4.74 Å². The van der Waals surface area contributed by atoms with Crippen molar-refractivity contribution >= 4 is 21.8 Å². The Labute approximate surface area is 329 Å². The molecule has 0 fully saturated rings. The number of benzene rings is 4. The summed E-state index contributed by atoms with van der Waals surface area (Å²) in [6.07, 6.45) is 2.78. The molecule has 0 radical (unpaired) electrons. The molecule has 0 amide bonds. The number of hydrogen-bond acceptors (Lipinski definition) is 3. The number of ether oxygens (including phenoxy) is 1. The fraction of sp³-hybridized carbons (Fsp3) is 0.319. The first-order chi connectivity index (χ1) is 24.7. The van der Waals surface area contributed by atoms with Gasteiger partial charge in [0.1, 0.15) is 5.82 Å². The Morgan fingerprint density at radius 1 is 0.774 bits per heavy atom. The van der Waals surface area contributed by atoms with Crippen LogP contribution in [0.4, 0.5) is 0 Å². The molecule has 0 aliphatic carbocycles. The summed E-state index contributed by atoms with van der Waals surface area (Å²) in [4.78, 5) is 4.82. The molecule has 3 aromatic heterocycles. The number of nitrogens with zero attached hydrogens (tertiary/aromatic N) is 4. The first-order valence-corrected chi connectivity index (χ1v) is 18.5. The summed E-state index contributed by atoms with van der Waals surface area (Å²) in [6, 6.07) is 33.1. The Balaban J connectivity index is 0.00000481. The molecule has 0 aliphatic rings. The van der Waals surface area contributed by atoms with Crippen molar-refractivity contribution in [2.75, 3.05) is 0 Å². The maximum atomic E-state index is 6.74. The van der Waals surface area contributed by atoms with E-state index in [2.05, 4.69) is 164 Å². The first-order valence-electron chi connectivity index (χ1n) is 18.5. The van der Waals surface area contributed by atoms with Crippen molar-refractivity contribution < 1.29 is 25.2 Å². The zero-order valence-electron chi connectivity index (χ0n) is 32.9. The normalized spacial score (nSPS) is 11.9. The van der Waals surface area contributed by atoms with Crippen molar-refractivity contribution in [3.63, 3.8) is 0 Å². The second kappa shape index (κ2) is 14.7. The summed E-state index contributed by atoms with van der Waals surface area (Å²) >= 11 is 0. The fourth-order valence-electron chi connectivity index (χ4n) is 7.59. The van der Waals surface area contributed by atoms with Crippen LogP contribution in [0.1, 0.15) is 93.6 Å². The van der Waals surface area contributed by atoms with Crippen LogP contribution in [0.5, 0.6) is 11.5 Å². The molecule has 0 N–H and O–H groups in total. The van der Waals surface area contributed by atoms with E-state index >= 15 is 0 Å². The molecule has 53 heavy (non-hydrogen) atoms. The molecular weight excluding hydrogens is 743 g/mol. The minimum atomic E-state index is -0.136. The topological polar surface area (TPSA) is 44.9 Å². The van der Waals surface area contributed by atoms with Crippen LogP contribution in [-0.4, -0.2) is 19.3 Å².